The zero-order chi connectivity index (χ0) is 32.1. The number of nitriles is 1. The van der Waals surface area contributed by atoms with Crippen molar-refractivity contribution in [3.63, 3.8) is 0 Å². The predicted octanol–water partition coefficient (Wildman–Crippen LogP) is 10.5. The molecule has 0 saturated heterocycles. The van der Waals surface area contributed by atoms with Crippen LogP contribution in [0.25, 0.3) is 56.4 Å². The molecule has 5 aromatic carbocycles. The highest BCUT2D eigenvalue weighted by atomic mass is 15.0. The van der Waals surface area contributed by atoms with Gasteiger partial charge in [-0.05, 0) is 95.6 Å². The van der Waals surface area contributed by atoms with Gasteiger partial charge in [-0.15, -0.1) is 0 Å². The molecule has 0 N–H and O–H groups in total. The lowest BCUT2D eigenvalue weighted by atomic mass is 9.48. The van der Waals surface area contributed by atoms with Gasteiger partial charge in [0, 0.05) is 16.7 Å². The van der Waals surface area contributed by atoms with E-state index in [1.54, 1.807) is 5.56 Å². The summed E-state index contributed by atoms with van der Waals surface area (Å²) in [4.78, 5) is 14.5. The molecular formula is C44H36N4. The van der Waals surface area contributed by atoms with Gasteiger partial charge in [0.25, 0.3) is 0 Å². The Hall–Kier alpha value is -5.40. The van der Waals surface area contributed by atoms with E-state index in [1.807, 2.05) is 78.9 Å². The van der Waals surface area contributed by atoms with Gasteiger partial charge >= 0.3 is 0 Å². The third-order valence-corrected chi connectivity index (χ3v) is 11.2. The first-order valence-corrected chi connectivity index (χ1v) is 17.3. The Balaban J connectivity index is 1.00. The van der Waals surface area contributed by atoms with Gasteiger partial charge < -0.3 is 0 Å². The standard InChI is InChI=1S/C44H36N4/c45-28-38-24-37(43-47-41(35-7-3-1-4-8-35)46-42(48-43)36-9-5-2-6-10-36)17-20-40(38)34-13-11-32(12-14-34)33-15-18-39(19-16-33)44-25-29-21-30(26-44)23-31(22-29)27-44/h1-20,24,29-31H,21-23,25-27H2/t29-,30-,31-,44?. The van der Waals surface area contributed by atoms with Crippen molar-refractivity contribution >= 4 is 0 Å². The molecule has 10 rings (SSSR count). The Morgan fingerprint density at radius 1 is 0.479 bits per heavy atom. The lowest BCUT2D eigenvalue weighted by Gasteiger charge is -2.57. The van der Waals surface area contributed by atoms with Crippen LogP contribution in [0.3, 0.4) is 0 Å². The number of aromatic nitrogens is 3. The number of rotatable bonds is 6. The molecule has 4 saturated carbocycles. The molecule has 0 aliphatic heterocycles. The monoisotopic (exact) mass is 620 g/mol. The summed E-state index contributed by atoms with van der Waals surface area (Å²) in [5.41, 5.74) is 9.52. The first kappa shape index (κ1) is 28.8. The summed E-state index contributed by atoms with van der Waals surface area (Å²) >= 11 is 0. The molecule has 48 heavy (non-hydrogen) atoms. The van der Waals surface area contributed by atoms with Crippen LogP contribution in [-0.4, -0.2) is 15.0 Å². The predicted molar refractivity (Wildman–Crippen MR) is 192 cm³/mol. The maximum absolute atomic E-state index is 10.3. The fourth-order valence-corrected chi connectivity index (χ4v) is 9.29. The molecule has 0 radical (unpaired) electrons. The fourth-order valence-electron chi connectivity index (χ4n) is 9.29. The molecule has 6 aromatic rings. The average Bonchev–Trinajstić information content (AvgIpc) is 3.15. The summed E-state index contributed by atoms with van der Waals surface area (Å²) in [5, 5.41) is 10.3. The second-order valence-electron chi connectivity index (χ2n) is 14.3. The Labute approximate surface area is 282 Å². The van der Waals surface area contributed by atoms with Crippen LogP contribution in [0.1, 0.15) is 49.7 Å². The van der Waals surface area contributed by atoms with E-state index in [4.69, 9.17) is 15.0 Å². The summed E-state index contributed by atoms with van der Waals surface area (Å²) in [5.74, 6) is 4.59. The fraction of sp³-hybridized carbons (Fsp3) is 0.227. The molecule has 4 aliphatic rings. The maximum Gasteiger partial charge on any atom is 0.164 e. The molecule has 4 bridgehead atoms. The van der Waals surface area contributed by atoms with Crippen LogP contribution < -0.4 is 0 Å². The van der Waals surface area contributed by atoms with Crippen LogP contribution in [0.5, 0.6) is 0 Å². The van der Waals surface area contributed by atoms with Crippen molar-refractivity contribution in [1.29, 1.82) is 5.26 Å². The largest absolute Gasteiger partial charge is 0.208 e. The van der Waals surface area contributed by atoms with Gasteiger partial charge in [-0.25, -0.2) is 15.0 Å². The quantitative estimate of drug-likeness (QED) is 0.186. The molecule has 0 amide bonds. The van der Waals surface area contributed by atoms with Crippen LogP contribution in [0.4, 0.5) is 0 Å². The molecule has 4 heteroatoms. The lowest BCUT2D eigenvalue weighted by Crippen LogP contribution is -2.48. The second-order valence-corrected chi connectivity index (χ2v) is 14.3. The van der Waals surface area contributed by atoms with Crippen LogP contribution in [0, 0.1) is 29.1 Å². The highest BCUT2D eigenvalue weighted by Crippen LogP contribution is 2.60. The van der Waals surface area contributed by atoms with Crippen LogP contribution in [0.15, 0.2) is 127 Å². The molecule has 0 spiro atoms. The zero-order valence-corrected chi connectivity index (χ0v) is 26.9. The van der Waals surface area contributed by atoms with Crippen molar-refractivity contribution in [2.24, 2.45) is 17.8 Å². The topological polar surface area (TPSA) is 62.5 Å². The lowest BCUT2D eigenvalue weighted by molar-refractivity contribution is -0.00518. The van der Waals surface area contributed by atoms with Crippen LogP contribution in [-0.2, 0) is 5.41 Å². The molecule has 1 heterocycles. The SMILES string of the molecule is N#Cc1cc(-c2nc(-c3ccccc3)nc(-c3ccccc3)n2)ccc1-c1ccc(-c2ccc(C34C[C@H]5C[C@H](C3)C[C@@H](C4)C5)cc2)cc1. The first-order valence-electron chi connectivity index (χ1n) is 17.3. The second kappa shape index (κ2) is 11.7. The zero-order valence-electron chi connectivity index (χ0n) is 26.9. The number of benzene rings is 5. The van der Waals surface area contributed by atoms with Crippen LogP contribution >= 0.6 is 0 Å². The van der Waals surface area contributed by atoms with E-state index in [1.165, 1.54) is 49.7 Å². The Morgan fingerprint density at radius 2 is 0.917 bits per heavy atom. The summed E-state index contributed by atoms with van der Waals surface area (Å²) in [7, 11) is 0. The van der Waals surface area contributed by atoms with Crippen molar-refractivity contribution in [3.8, 4) is 62.5 Å². The van der Waals surface area contributed by atoms with Crippen molar-refractivity contribution in [1.82, 2.24) is 15.0 Å². The molecule has 0 unspecified atom stereocenters. The van der Waals surface area contributed by atoms with E-state index in [2.05, 4.69) is 54.6 Å². The van der Waals surface area contributed by atoms with Gasteiger partial charge in [0.2, 0.25) is 0 Å². The average molecular weight is 621 g/mol. The van der Waals surface area contributed by atoms with E-state index in [0.717, 1.165) is 45.6 Å². The highest BCUT2D eigenvalue weighted by Gasteiger charge is 2.51. The Kier molecular flexibility index (Phi) is 7.01. The molecule has 4 fully saturated rings. The molecule has 232 valence electrons. The van der Waals surface area contributed by atoms with Gasteiger partial charge in [-0.2, -0.15) is 5.26 Å². The van der Waals surface area contributed by atoms with Crippen LogP contribution in [0.2, 0.25) is 0 Å². The van der Waals surface area contributed by atoms with Crippen molar-refractivity contribution in [2.45, 2.75) is 43.9 Å². The van der Waals surface area contributed by atoms with E-state index in [0.29, 0.717) is 28.5 Å². The molecule has 4 aliphatic carbocycles. The summed E-state index contributed by atoms with van der Waals surface area (Å²) < 4.78 is 0. The normalized spacial score (nSPS) is 22.4. The maximum atomic E-state index is 10.3. The van der Waals surface area contributed by atoms with Gasteiger partial charge in [-0.3, -0.25) is 0 Å². The summed E-state index contributed by atoms with van der Waals surface area (Å²) in [6.07, 6.45) is 8.60. The smallest absolute Gasteiger partial charge is 0.164 e. The molecule has 1 aromatic heterocycles. The van der Waals surface area contributed by atoms with Crippen molar-refractivity contribution < 1.29 is 0 Å². The third kappa shape index (κ3) is 5.20. The minimum atomic E-state index is 0.421. The van der Waals surface area contributed by atoms with E-state index in [9.17, 15) is 5.26 Å². The van der Waals surface area contributed by atoms with E-state index >= 15 is 0 Å². The van der Waals surface area contributed by atoms with E-state index in [-0.39, 0.29) is 0 Å². The van der Waals surface area contributed by atoms with Crippen molar-refractivity contribution in [3.05, 3.63) is 139 Å². The minimum absolute atomic E-state index is 0.421. The van der Waals surface area contributed by atoms with Gasteiger partial charge in [0.05, 0.1) is 11.6 Å². The Bertz CT molecular complexity index is 2050. The van der Waals surface area contributed by atoms with Gasteiger partial charge in [0.15, 0.2) is 17.5 Å². The number of hydrogen-bond acceptors (Lipinski definition) is 4. The van der Waals surface area contributed by atoms with E-state index < -0.39 is 0 Å². The highest BCUT2D eigenvalue weighted by molar-refractivity contribution is 5.77. The minimum Gasteiger partial charge on any atom is -0.208 e. The summed E-state index contributed by atoms with van der Waals surface area (Å²) in [6.45, 7) is 0. The first-order chi connectivity index (χ1) is 23.6. The molecule has 0 atom stereocenters. The third-order valence-electron chi connectivity index (χ3n) is 11.2. The summed E-state index contributed by atoms with van der Waals surface area (Å²) in [6, 6.07) is 46.3. The number of nitrogens with zero attached hydrogens (tertiary/aromatic N) is 4. The Morgan fingerprint density at radius 3 is 1.42 bits per heavy atom. The molecular weight excluding hydrogens is 585 g/mol. The number of hydrogen-bond donors (Lipinski definition) is 0. The van der Waals surface area contributed by atoms with Gasteiger partial charge in [0.1, 0.15) is 0 Å². The van der Waals surface area contributed by atoms with Gasteiger partial charge in [-0.1, -0.05) is 121 Å². The van der Waals surface area contributed by atoms with Crippen molar-refractivity contribution in [2.75, 3.05) is 0 Å². The molecule has 4 nitrogen and oxygen atoms in total.